The van der Waals surface area contributed by atoms with Crippen LogP contribution in [0.25, 0.3) is 44.4 Å². The van der Waals surface area contributed by atoms with E-state index in [1.807, 2.05) is 108 Å². The number of azide groups is 1. The highest BCUT2D eigenvalue weighted by atomic mass is 16.6. The minimum atomic E-state index is -1.09. The van der Waals surface area contributed by atoms with Gasteiger partial charge in [0.1, 0.15) is 18.4 Å². The van der Waals surface area contributed by atoms with Crippen molar-refractivity contribution < 1.29 is 87.9 Å². The van der Waals surface area contributed by atoms with Gasteiger partial charge in [-0.3, -0.25) is 29.8 Å². The number of nitrogens with one attached hydrogen (secondary N) is 2. The van der Waals surface area contributed by atoms with Crippen molar-refractivity contribution in [1.82, 2.24) is 71.1 Å². The van der Waals surface area contributed by atoms with E-state index in [9.17, 15) is 49.3 Å². The fourth-order valence-electron chi connectivity index (χ4n) is 12.9. The first kappa shape index (κ1) is 95.4. The topological polar surface area (TPSA) is 566 Å². The summed E-state index contributed by atoms with van der Waals surface area (Å²) in [6.07, 6.45) is 23.1. The average Bonchev–Trinajstić information content (AvgIpc) is 1.48. The number of amides is 2. The number of nitro groups is 2. The number of carbonyl (C=O) groups is 5. The van der Waals surface area contributed by atoms with Crippen LogP contribution in [0.15, 0.2) is 201 Å². The number of hydrogen-bond acceptors (Lipinski definition) is 28. The van der Waals surface area contributed by atoms with E-state index in [1.54, 1.807) is 47.0 Å². The lowest BCUT2D eigenvalue weighted by atomic mass is 9.82. The van der Waals surface area contributed by atoms with Gasteiger partial charge in [-0.15, -0.1) is 21.7 Å². The predicted molar refractivity (Wildman–Crippen MR) is 446 cm³/mol. The van der Waals surface area contributed by atoms with Crippen molar-refractivity contribution >= 4 is 41.1 Å². The molecule has 6 fully saturated rings. The molecule has 0 unspecified atom stereocenters. The summed E-state index contributed by atoms with van der Waals surface area (Å²) in [4.78, 5) is 79.3. The molecule has 11 aromatic rings. The lowest BCUT2D eigenvalue weighted by Gasteiger charge is -2.35. The van der Waals surface area contributed by atoms with E-state index in [-0.39, 0.29) is 109 Å². The van der Waals surface area contributed by atoms with Crippen LogP contribution < -0.4 is 10.6 Å². The maximum atomic E-state index is 12.3. The monoisotopic (exact) mass is 1710 g/mol. The highest BCUT2D eigenvalue weighted by Crippen LogP contribution is 2.38. The molecular formula is C85H99N19O20. The van der Waals surface area contributed by atoms with E-state index in [2.05, 4.69) is 101 Å². The number of esters is 1. The van der Waals surface area contributed by atoms with Crippen LogP contribution in [0.2, 0.25) is 0 Å². The molecule has 6 aliphatic carbocycles. The standard InChI is InChI=1S/2C17H17N5O3.C12H13NO4.C10H7NO3.C7H11N3.C7H5NO4.C5H9N3.C5H10O.C3H4O.C2H6O/c23-10-13-9-22(21-19-13)14-6-12(7-14)18-17(24)15-8-16(25-20-15)11-4-2-1-3-5-11;23-10-14-9-18-21-22(14)13-6-12(7-13)19-17(24)15-8-16(25-20-15)11-4-2-1-3-5-11;1-8-6-11(7-8)17-12(14)9-2-4-10(5-3-9)13(15)16;12-10(13)8-6-9(14-11-8)7-4-2-1-3-5-7;1-6-4-7(5-6)10-3-2-8-9-10;9-7(10)5-1-3-6(4-2-5)8(11)12;1-4-2-5(3-4)7-8-6;1-4-2-5(6)3-4;1-2-3-4;1-2-3/h1-5,8-9,12,14,23H,6-7,10H2,(H,18,24);1-5,8-9,12-13,23H,6-7,10H2,(H,19,24);2-5,8,11H,6-7H2,1H3;1-6H,(H,12,13);2-3,6-7H,4-5H2,1H3;1-4H,(H,9,10);4-5H,2-3H2,1H3;4-6H,2-3H2,1H3;1,4H,3H2;3H,2H2,1H3. The molecule has 5 aromatic carbocycles. The van der Waals surface area contributed by atoms with E-state index in [0.717, 1.165) is 111 Å². The molecule has 0 bridgehead atoms. The average molecular weight is 1710 g/mol. The Bertz CT molecular complexity index is 5150. The predicted octanol–water partition coefficient (Wildman–Crippen LogP) is 12.7. The number of non-ortho nitro benzene ring substituents is 2. The van der Waals surface area contributed by atoms with Gasteiger partial charge in [-0.25, -0.2) is 28.4 Å². The SMILES string of the molecule is C#CCO.CC1CC(N=[N+]=[N-])C1.CC1CC(O)C1.CC1CC(OC(=O)c2ccc([N+](=O)[O-])cc2)C1.CC1CC(n2ccnn2)C1.CCO.O=C(NC1CC(n2cc(CO)nn2)C1)c1cc(-c2ccccc2)on1.O=C(NC1CC(n2nncc2CO)C1)c1cc(-c2ccccc2)on1.O=C(O)c1cc(-c2ccccc2)on1.O=C(O)c1ccc([N+](=O)[O-])cc1. The van der Waals surface area contributed by atoms with Gasteiger partial charge < -0.3 is 64.7 Å². The van der Waals surface area contributed by atoms with E-state index in [0.29, 0.717) is 52.2 Å². The number of aliphatic hydroxyl groups is 5. The summed E-state index contributed by atoms with van der Waals surface area (Å²) in [6.45, 7) is 10.3. The molecule has 2 amide bonds. The van der Waals surface area contributed by atoms with Gasteiger partial charge in [-0.05, 0) is 137 Å². The summed E-state index contributed by atoms with van der Waals surface area (Å²) in [5.41, 5.74) is 12.4. The molecule has 9 N–H and O–H groups in total. The number of hydrogen-bond donors (Lipinski definition) is 9. The van der Waals surface area contributed by atoms with Crippen molar-refractivity contribution in [2.45, 2.75) is 173 Å². The second kappa shape index (κ2) is 49.0. The van der Waals surface area contributed by atoms with E-state index >= 15 is 0 Å². The van der Waals surface area contributed by atoms with Crippen molar-refractivity contribution in [3.05, 3.63) is 253 Å². The molecular weight excluding hydrogens is 1610 g/mol. The number of aromatic nitrogens is 12. The first-order chi connectivity index (χ1) is 59.7. The lowest BCUT2D eigenvalue weighted by molar-refractivity contribution is -0.385. The second-order valence-electron chi connectivity index (χ2n) is 29.9. The summed E-state index contributed by atoms with van der Waals surface area (Å²) in [6, 6.07) is 44.5. The van der Waals surface area contributed by atoms with Crippen molar-refractivity contribution in [2.75, 3.05) is 13.2 Å². The molecule has 17 rings (SSSR count). The number of carboxylic acid groups (broad SMARTS) is 2. The van der Waals surface area contributed by atoms with Crippen molar-refractivity contribution in [3.8, 4) is 46.3 Å². The number of nitro benzene ring substituents is 2. The largest absolute Gasteiger partial charge is 0.478 e. The van der Waals surface area contributed by atoms with Crippen LogP contribution >= 0.6 is 0 Å². The van der Waals surface area contributed by atoms with Gasteiger partial charge in [0.15, 0.2) is 34.4 Å². The van der Waals surface area contributed by atoms with Crippen LogP contribution in [0.5, 0.6) is 0 Å². The second-order valence-corrected chi connectivity index (χ2v) is 29.9. The normalized spacial score (nSPS) is 20.3. The first-order valence-electron chi connectivity index (χ1n) is 39.8. The highest BCUT2D eigenvalue weighted by Gasteiger charge is 2.36. The Labute approximate surface area is 711 Å². The van der Waals surface area contributed by atoms with Crippen molar-refractivity contribution in [3.63, 3.8) is 0 Å². The molecule has 39 heteroatoms. The van der Waals surface area contributed by atoms with E-state index < -0.39 is 27.8 Å². The number of ether oxygens (including phenoxy) is 1. The molecule has 0 spiro atoms. The third-order valence-corrected chi connectivity index (χ3v) is 19.9. The molecule has 6 aliphatic rings. The number of carbonyl (C=O) groups excluding carboxylic acids is 3. The lowest BCUT2D eigenvalue weighted by Crippen LogP contribution is -2.45. The Morgan fingerprint density at radius 1 is 0.573 bits per heavy atom. The molecule has 124 heavy (non-hydrogen) atoms. The van der Waals surface area contributed by atoms with Gasteiger partial charge in [0.25, 0.3) is 23.2 Å². The summed E-state index contributed by atoms with van der Waals surface area (Å²) < 4.78 is 26.0. The number of carboxylic acids is 2. The molecule has 654 valence electrons. The molecule has 0 atom stereocenters. The maximum Gasteiger partial charge on any atom is 0.358 e. The van der Waals surface area contributed by atoms with Gasteiger partial charge >= 0.3 is 17.9 Å². The van der Waals surface area contributed by atoms with Gasteiger partial charge in [0, 0.05) is 95.0 Å². The minimum Gasteiger partial charge on any atom is -0.478 e. The minimum absolute atomic E-state index is 0.00712. The number of aliphatic hydroxyl groups excluding tert-OH is 5. The van der Waals surface area contributed by atoms with Gasteiger partial charge in [0.2, 0.25) is 0 Å². The molecule has 39 nitrogen and oxygen atoms in total. The van der Waals surface area contributed by atoms with Crippen LogP contribution in [0, 0.1) is 56.2 Å². The first-order valence-corrected chi connectivity index (χ1v) is 39.8. The molecule has 0 aliphatic heterocycles. The third-order valence-electron chi connectivity index (χ3n) is 19.9. The highest BCUT2D eigenvalue weighted by molar-refractivity contribution is 5.94. The Morgan fingerprint density at radius 2 is 1.01 bits per heavy atom. The van der Waals surface area contributed by atoms with Crippen molar-refractivity contribution in [1.29, 1.82) is 0 Å². The summed E-state index contributed by atoms with van der Waals surface area (Å²) in [7, 11) is 0. The summed E-state index contributed by atoms with van der Waals surface area (Å²) in [5.74, 6) is 3.56. The molecule has 6 aromatic heterocycles. The fourth-order valence-corrected chi connectivity index (χ4v) is 12.9. The number of benzene rings is 5. The Morgan fingerprint density at radius 3 is 1.37 bits per heavy atom. The van der Waals surface area contributed by atoms with Crippen LogP contribution in [-0.4, -0.2) is 179 Å². The smallest absolute Gasteiger partial charge is 0.358 e. The maximum absolute atomic E-state index is 12.3. The zero-order chi connectivity index (χ0) is 89.6. The summed E-state index contributed by atoms with van der Waals surface area (Å²) >= 11 is 0. The number of aromatic carboxylic acids is 2. The van der Waals surface area contributed by atoms with Crippen LogP contribution in [-0.2, 0) is 18.0 Å². The Kier molecular flexibility index (Phi) is 37.7. The van der Waals surface area contributed by atoms with Crippen molar-refractivity contribution in [2.24, 2.45) is 28.8 Å². The Hall–Kier alpha value is -14.0. The summed E-state index contributed by atoms with van der Waals surface area (Å²) in [5, 5.41) is 124. The number of terminal acetylenes is 1. The zero-order valence-electron chi connectivity index (χ0n) is 68.7. The van der Waals surface area contributed by atoms with E-state index in [4.69, 9.17) is 54.5 Å². The molecule has 0 saturated heterocycles. The van der Waals surface area contributed by atoms with Gasteiger partial charge in [-0.1, -0.05) is 161 Å². The number of nitrogens with zero attached hydrogens (tertiary/aromatic N) is 17. The van der Waals surface area contributed by atoms with Gasteiger partial charge in [0.05, 0.1) is 82.7 Å². The van der Waals surface area contributed by atoms with Crippen LogP contribution in [0.3, 0.4) is 0 Å². The van der Waals surface area contributed by atoms with Gasteiger partial charge in [-0.2, -0.15) is 0 Å². The van der Waals surface area contributed by atoms with Crippen LogP contribution in [0.4, 0.5) is 11.4 Å². The van der Waals surface area contributed by atoms with Crippen LogP contribution in [0.1, 0.15) is 193 Å². The third kappa shape index (κ3) is 30.0. The Balaban J connectivity index is 0.000000180. The quantitative estimate of drug-likeness (QED) is 0.00690. The molecule has 6 heterocycles. The number of rotatable bonds is 19. The van der Waals surface area contributed by atoms with E-state index in [1.165, 1.54) is 55.3 Å². The zero-order valence-corrected chi connectivity index (χ0v) is 68.7. The molecule has 6 saturated carbocycles. The molecule has 0 radical (unpaired) electrons. The fraction of sp³-hybridized carbons (Fsp3) is 0.388.